The van der Waals surface area contributed by atoms with Crippen molar-refractivity contribution in [2.75, 3.05) is 18.5 Å². The van der Waals surface area contributed by atoms with Crippen molar-refractivity contribution in [2.24, 2.45) is 5.92 Å². The molecule has 1 heterocycles. The Kier molecular flexibility index (Phi) is 3.33. The molecule has 0 spiro atoms. The summed E-state index contributed by atoms with van der Waals surface area (Å²) in [6, 6.07) is 2.00. The van der Waals surface area contributed by atoms with Gasteiger partial charge in [-0.15, -0.1) is 11.6 Å². The molecule has 0 N–H and O–H groups in total. The van der Waals surface area contributed by atoms with Crippen molar-refractivity contribution in [2.45, 2.75) is 32.1 Å². The maximum atomic E-state index is 5.97. The Bertz CT molecular complexity index is 354. The first kappa shape index (κ1) is 11.6. The fraction of sp³-hybridized carbons (Fsp3) is 0.667. The van der Waals surface area contributed by atoms with E-state index in [2.05, 4.69) is 21.9 Å². The summed E-state index contributed by atoms with van der Waals surface area (Å²) in [6.45, 7) is 5.01. The zero-order valence-electron chi connectivity index (χ0n) is 10.1. The molecule has 1 saturated carbocycles. The molecule has 0 radical (unpaired) electrons. The number of aryl methyl sites for hydroxylation is 2. The fourth-order valence-corrected chi connectivity index (χ4v) is 2.65. The number of rotatable bonds is 3. The van der Waals surface area contributed by atoms with Gasteiger partial charge in [0.25, 0.3) is 0 Å². The summed E-state index contributed by atoms with van der Waals surface area (Å²) in [5, 5.41) is 0.388. The lowest BCUT2D eigenvalue weighted by Gasteiger charge is -2.34. The molecule has 4 heteroatoms. The highest BCUT2D eigenvalue weighted by Gasteiger charge is 2.28. The van der Waals surface area contributed by atoms with Crippen LogP contribution in [-0.4, -0.2) is 28.9 Å². The molecule has 0 amide bonds. The van der Waals surface area contributed by atoms with Gasteiger partial charge >= 0.3 is 0 Å². The Labute approximate surface area is 102 Å². The molecule has 3 nitrogen and oxygen atoms in total. The van der Waals surface area contributed by atoms with Crippen LogP contribution in [0.5, 0.6) is 0 Å². The van der Waals surface area contributed by atoms with E-state index in [0.29, 0.717) is 11.3 Å². The molecule has 88 valence electrons. The summed E-state index contributed by atoms with van der Waals surface area (Å²) in [7, 11) is 2.05. The first-order valence-corrected chi connectivity index (χ1v) is 6.15. The van der Waals surface area contributed by atoms with Gasteiger partial charge in [-0.25, -0.2) is 9.97 Å². The quantitative estimate of drug-likeness (QED) is 0.760. The number of hydrogen-bond acceptors (Lipinski definition) is 3. The second-order valence-electron chi connectivity index (χ2n) is 4.77. The van der Waals surface area contributed by atoms with Gasteiger partial charge in [0, 0.05) is 30.4 Å². The molecule has 1 aromatic rings. The lowest BCUT2D eigenvalue weighted by Crippen LogP contribution is -2.35. The third-order valence-corrected chi connectivity index (χ3v) is 3.38. The molecule has 16 heavy (non-hydrogen) atoms. The number of hydrogen-bond donors (Lipinski definition) is 0. The van der Waals surface area contributed by atoms with E-state index >= 15 is 0 Å². The highest BCUT2D eigenvalue weighted by atomic mass is 35.5. The number of halogens is 1. The van der Waals surface area contributed by atoms with E-state index in [0.717, 1.165) is 36.7 Å². The first-order valence-electron chi connectivity index (χ1n) is 5.72. The molecule has 1 aliphatic carbocycles. The van der Waals surface area contributed by atoms with Gasteiger partial charge in [0.15, 0.2) is 0 Å². The Hall–Kier alpha value is -0.830. The molecule has 1 aliphatic rings. The number of alkyl halides is 1. The topological polar surface area (TPSA) is 29.0 Å². The lowest BCUT2D eigenvalue weighted by molar-refractivity contribution is 0.328. The minimum atomic E-state index is 0.388. The minimum Gasteiger partial charge on any atom is -0.344 e. The number of aromatic nitrogens is 2. The van der Waals surface area contributed by atoms with Gasteiger partial charge in [0.2, 0.25) is 5.95 Å². The Morgan fingerprint density at radius 3 is 2.38 bits per heavy atom. The minimum absolute atomic E-state index is 0.388. The molecule has 2 rings (SSSR count). The number of nitrogens with zero attached hydrogens (tertiary/aromatic N) is 3. The van der Waals surface area contributed by atoms with Gasteiger partial charge in [-0.1, -0.05) is 0 Å². The highest BCUT2D eigenvalue weighted by Crippen LogP contribution is 2.32. The van der Waals surface area contributed by atoms with Crippen molar-refractivity contribution in [1.82, 2.24) is 9.97 Å². The summed E-state index contributed by atoms with van der Waals surface area (Å²) in [5.41, 5.74) is 2.05. The largest absolute Gasteiger partial charge is 0.344 e. The van der Waals surface area contributed by atoms with Crippen molar-refractivity contribution in [3.63, 3.8) is 0 Å². The summed E-state index contributed by atoms with van der Waals surface area (Å²) < 4.78 is 0. The van der Waals surface area contributed by atoms with E-state index in [4.69, 9.17) is 11.6 Å². The van der Waals surface area contributed by atoms with Crippen LogP contribution in [0.1, 0.15) is 24.2 Å². The standard InChI is InChI=1S/C12H18ClN3/c1-8-4-9(2)15-12(14-8)16(3)7-10-5-11(13)6-10/h4,10-11H,5-7H2,1-3H3. The van der Waals surface area contributed by atoms with E-state index in [1.807, 2.05) is 19.9 Å². The molecule has 0 bridgehead atoms. The van der Waals surface area contributed by atoms with E-state index in [1.165, 1.54) is 0 Å². The average molecular weight is 240 g/mol. The number of anilines is 1. The van der Waals surface area contributed by atoms with Crippen LogP contribution in [0.3, 0.4) is 0 Å². The van der Waals surface area contributed by atoms with E-state index in [1.54, 1.807) is 0 Å². The summed E-state index contributed by atoms with van der Waals surface area (Å²) in [5.74, 6) is 1.53. The van der Waals surface area contributed by atoms with Crippen LogP contribution in [0.25, 0.3) is 0 Å². The van der Waals surface area contributed by atoms with Crippen LogP contribution in [0.2, 0.25) is 0 Å². The predicted molar refractivity (Wildman–Crippen MR) is 67.1 cm³/mol. The van der Waals surface area contributed by atoms with Crippen molar-refractivity contribution in [3.8, 4) is 0 Å². The van der Waals surface area contributed by atoms with Gasteiger partial charge in [-0.3, -0.25) is 0 Å². The summed E-state index contributed by atoms with van der Waals surface area (Å²) in [4.78, 5) is 11.0. The van der Waals surface area contributed by atoms with Crippen LogP contribution in [0.4, 0.5) is 5.95 Å². The molecular formula is C12H18ClN3. The van der Waals surface area contributed by atoms with Crippen LogP contribution in [0, 0.1) is 19.8 Å². The summed E-state index contributed by atoms with van der Waals surface area (Å²) >= 11 is 5.97. The monoisotopic (exact) mass is 239 g/mol. The highest BCUT2D eigenvalue weighted by molar-refractivity contribution is 6.21. The molecular weight excluding hydrogens is 222 g/mol. The Morgan fingerprint density at radius 1 is 1.31 bits per heavy atom. The molecule has 0 aliphatic heterocycles. The predicted octanol–water partition coefficient (Wildman–Crippen LogP) is 2.55. The van der Waals surface area contributed by atoms with Crippen molar-refractivity contribution in [3.05, 3.63) is 17.5 Å². The third-order valence-electron chi connectivity index (χ3n) is 3.02. The normalized spacial score (nSPS) is 24.0. The van der Waals surface area contributed by atoms with Gasteiger partial charge in [-0.05, 0) is 38.7 Å². The van der Waals surface area contributed by atoms with Crippen LogP contribution in [0.15, 0.2) is 6.07 Å². The van der Waals surface area contributed by atoms with Gasteiger partial charge in [-0.2, -0.15) is 0 Å². The first-order chi connectivity index (χ1) is 7.54. The average Bonchev–Trinajstić information content (AvgIpc) is 2.13. The zero-order valence-corrected chi connectivity index (χ0v) is 10.8. The Morgan fingerprint density at radius 2 is 1.88 bits per heavy atom. The fourth-order valence-electron chi connectivity index (χ4n) is 2.15. The zero-order chi connectivity index (χ0) is 11.7. The molecule has 0 unspecified atom stereocenters. The molecule has 1 aromatic heterocycles. The van der Waals surface area contributed by atoms with E-state index < -0.39 is 0 Å². The lowest BCUT2D eigenvalue weighted by atomic mass is 9.84. The SMILES string of the molecule is Cc1cc(C)nc(N(C)CC2CC(Cl)C2)n1. The van der Waals surface area contributed by atoms with E-state index in [9.17, 15) is 0 Å². The smallest absolute Gasteiger partial charge is 0.225 e. The van der Waals surface area contributed by atoms with Crippen molar-refractivity contribution in [1.29, 1.82) is 0 Å². The molecule has 0 saturated heterocycles. The second kappa shape index (κ2) is 4.58. The third kappa shape index (κ3) is 2.64. The molecule has 0 atom stereocenters. The van der Waals surface area contributed by atoms with Crippen LogP contribution in [-0.2, 0) is 0 Å². The second-order valence-corrected chi connectivity index (χ2v) is 5.38. The molecule has 0 aromatic carbocycles. The van der Waals surface area contributed by atoms with E-state index in [-0.39, 0.29) is 0 Å². The summed E-state index contributed by atoms with van der Waals surface area (Å²) in [6.07, 6.45) is 2.24. The van der Waals surface area contributed by atoms with Crippen molar-refractivity contribution < 1.29 is 0 Å². The van der Waals surface area contributed by atoms with Crippen molar-refractivity contribution >= 4 is 17.5 Å². The van der Waals surface area contributed by atoms with Gasteiger partial charge < -0.3 is 4.90 Å². The van der Waals surface area contributed by atoms with Crippen LogP contribution >= 0.6 is 11.6 Å². The maximum Gasteiger partial charge on any atom is 0.225 e. The molecule has 1 fully saturated rings. The Balaban J connectivity index is 2.00. The maximum absolute atomic E-state index is 5.97. The van der Waals surface area contributed by atoms with Gasteiger partial charge in [0.05, 0.1) is 0 Å². The van der Waals surface area contributed by atoms with Crippen LogP contribution < -0.4 is 4.90 Å². The van der Waals surface area contributed by atoms with Gasteiger partial charge in [0.1, 0.15) is 0 Å².